The second kappa shape index (κ2) is 3.08. The Labute approximate surface area is 81.5 Å². The number of hydrogen-bond acceptors (Lipinski definition) is 3. The molecular formula is C9H4F3NO2. The zero-order valence-electron chi connectivity index (χ0n) is 7.21. The van der Waals surface area contributed by atoms with Crippen LogP contribution in [0, 0.1) is 0 Å². The van der Waals surface area contributed by atoms with Gasteiger partial charge >= 0.3 is 6.18 Å². The van der Waals surface area contributed by atoms with Gasteiger partial charge in [0.05, 0.1) is 10.9 Å². The second-order valence-corrected chi connectivity index (χ2v) is 2.86. The van der Waals surface area contributed by atoms with Crippen LogP contribution in [0.15, 0.2) is 22.7 Å². The first-order valence-corrected chi connectivity index (χ1v) is 3.95. The van der Waals surface area contributed by atoms with Gasteiger partial charge in [0.25, 0.3) is 0 Å². The molecule has 0 fully saturated rings. The largest absolute Gasteiger partial charge is 0.418 e. The first-order valence-electron chi connectivity index (χ1n) is 3.95. The average Bonchev–Trinajstić information content (AvgIpc) is 2.58. The van der Waals surface area contributed by atoms with Gasteiger partial charge in [-0.3, -0.25) is 4.79 Å². The maximum Gasteiger partial charge on any atom is 0.418 e. The van der Waals surface area contributed by atoms with Crippen molar-refractivity contribution in [3.8, 4) is 0 Å². The van der Waals surface area contributed by atoms with Gasteiger partial charge in [-0.1, -0.05) is 11.2 Å². The molecule has 3 nitrogen and oxygen atoms in total. The third-order valence-electron chi connectivity index (χ3n) is 1.95. The molecular weight excluding hydrogens is 211 g/mol. The zero-order chi connectivity index (χ0) is 11.1. The molecule has 0 aliphatic heterocycles. The average molecular weight is 215 g/mol. The van der Waals surface area contributed by atoms with Crippen molar-refractivity contribution < 1.29 is 22.5 Å². The molecule has 78 valence electrons. The second-order valence-electron chi connectivity index (χ2n) is 2.86. The molecule has 2 rings (SSSR count). The molecule has 0 saturated heterocycles. The molecule has 1 aromatic carbocycles. The van der Waals surface area contributed by atoms with Gasteiger partial charge in [-0.15, -0.1) is 0 Å². The Bertz CT molecular complexity index is 516. The van der Waals surface area contributed by atoms with Crippen molar-refractivity contribution in [3.63, 3.8) is 0 Å². The van der Waals surface area contributed by atoms with Crippen LogP contribution >= 0.6 is 0 Å². The quantitative estimate of drug-likeness (QED) is 0.687. The minimum absolute atomic E-state index is 0.0693. The molecule has 0 amide bonds. The van der Waals surface area contributed by atoms with E-state index in [1.165, 1.54) is 12.1 Å². The summed E-state index contributed by atoms with van der Waals surface area (Å²) in [5.41, 5.74) is -1.25. The van der Waals surface area contributed by atoms with Crippen molar-refractivity contribution in [2.45, 2.75) is 6.18 Å². The molecule has 6 heteroatoms. The highest BCUT2D eigenvalue weighted by molar-refractivity contribution is 5.95. The number of halogens is 3. The maximum absolute atomic E-state index is 12.5. The van der Waals surface area contributed by atoms with E-state index in [-0.39, 0.29) is 16.7 Å². The lowest BCUT2D eigenvalue weighted by Crippen LogP contribution is -2.05. The first-order chi connectivity index (χ1) is 7.04. The van der Waals surface area contributed by atoms with Gasteiger partial charge in [0.15, 0.2) is 6.29 Å². The molecule has 0 aliphatic carbocycles. The predicted octanol–water partition coefficient (Wildman–Crippen LogP) is 2.66. The smallest absolute Gasteiger partial charge is 0.352 e. The molecule has 0 atom stereocenters. The monoisotopic (exact) mass is 215 g/mol. The van der Waals surface area contributed by atoms with Gasteiger partial charge in [0, 0.05) is 0 Å². The van der Waals surface area contributed by atoms with Crippen molar-refractivity contribution in [3.05, 3.63) is 29.5 Å². The van der Waals surface area contributed by atoms with Gasteiger partial charge in [-0.2, -0.15) is 13.2 Å². The lowest BCUT2D eigenvalue weighted by molar-refractivity contribution is -0.136. The maximum atomic E-state index is 12.5. The van der Waals surface area contributed by atoms with Crippen LogP contribution in [0.3, 0.4) is 0 Å². The number of nitrogens with zero attached hydrogens (tertiary/aromatic N) is 1. The summed E-state index contributed by atoms with van der Waals surface area (Å²) in [6.07, 6.45) is -4.17. The molecule has 0 radical (unpaired) electrons. The predicted molar refractivity (Wildman–Crippen MR) is 44.4 cm³/mol. The third-order valence-corrected chi connectivity index (χ3v) is 1.95. The van der Waals surface area contributed by atoms with E-state index in [4.69, 9.17) is 0 Å². The Balaban J connectivity index is 2.78. The van der Waals surface area contributed by atoms with Crippen molar-refractivity contribution in [2.75, 3.05) is 0 Å². The van der Waals surface area contributed by atoms with E-state index in [0.717, 1.165) is 6.07 Å². The Hall–Kier alpha value is -1.85. The highest BCUT2D eigenvalue weighted by atomic mass is 19.4. The lowest BCUT2D eigenvalue weighted by atomic mass is 10.1. The molecule has 0 unspecified atom stereocenters. The van der Waals surface area contributed by atoms with Gasteiger partial charge in [0.2, 0.25) is 5.76 Å². The van der Waals surface area contributed by atoms with Crippen molar-refractivity contribution in [1.29, 1.82) is 0 Å². The van der Waals surface area contributed by atoms with E-state index in [0.29, 0.717) is 6.29 Å². The number of alkyl halides is 3. The Morgan fingerprint density at radius 1 is 1.33 bits per heavy atom. The minimum atomic E-state index is -4.50. The van der Waals surface area contributed by atoms with Gasteiger partial charge < -0.3 is 4.52 Å². The Morgan fingerprint density at radius 2 is 2.07 bits per heavy atom. The standard InChI is InChI=1S/C9H4F3NO2/c10-9(11,12)6-3-1-2-5-7(4-14)15-13-8(5)6/h1-4H. The molecule has 0 saturated carbocycles. The van der Waals surface area contributed by atoms with Crippen LogP contribution in [0.25, 0.3) is 10.9 Å². The van der Waals surface area contributed by atoms with E-state index in [1.807, 2.05) is 0 Å². The third kappa shape index (κ3) is 1.47. The fourth-order valence-corrected chi connectivity index (χ4v) is 1.30. The van der Waals surface area contributed by atoms with Crippen LogP contribution in [0.1, 0.15) is 16.1 Å². The van der Waals surface area contributed by atoms with Gasteiger partial charge in [-0.05, 0) is 12.1 Å². The van der Waals surface area contributed by atoms with Crippen LogP contribution in [0.5, 0.6) is 0 Å². The van der Waals surface area contributed by atoms with E-state index in [9.17, 15) is 18.0 Å². The fourth-order valence-electron chi connectivity index (χ4n) is 1.30. The van der Waals surface area contributed by atoms with Crippen LogP contribution in [-0.2, 0) is 6.18 Å². The van der Waals surface area contributed by atoms with Crippen LogP contribution in [0.4, 0.5) is 13.2 Å². The zero-order valence-corrected chi connectivity index (χ0v) is 7.21. The number of carbonyl (C=O) groups excluding carboxylic acids is 1. The van der Waals surface area contributed by atoms with E-state index in [1.54, 1.807) is 0 Å². The van der Waals surface area contributed by atoms with Crippen molar-refractivity contribution in [1.82, 2.24) is 5.16 Å². The summed E-state index contributed by atoms with van der Waals surface area (Å²) in [6.45, 7) is 0. The SMILES string of the molecule is O=Cc1onc2c(C(F)(F)F)cccc12. The summed E-state index contributed by atoms with van der Waals surface area (Å²) < 4.78 is 41.9. The van der Waals surface area contributed by atoms with Gasteiger partial charge in [0.1, 0.15) is 5.52 Å². The molecule has 15 heavy (non-hydrogen) atoms. The van der Waals surface area contributed by atoms with E-state index < -0.39 is 11.7 Å². The molecule has 0 bridgehead atoms. The topological polar surface area (TPSA) is 43.1 Å². The molecule has 0 spiro atoms. The summed E-state index contributed by atoms with van der Waals surface area (Å²) in [6, 6.07) is 3.44. The fraction of sp³-hybridized carbons (Fsp3) is 0.111. The lowest BCUT2D eigenvalue weighted by Gasteiger charge is -2.05. The number of carbonyl (C=O) groups is 1. The summed E-state index contributed by atoms with van der Waals surface area (Å²) in [4.78, 5) is 10.4. The number of aromatic nitrogens is 1. The summed E-state index contributed by atoms with van der Waals surface area (Å²) >= 11 is 0. The summed E-state index contributed by atoms with van der Waals surface area (Å²) in [5, 5.41) is 3.30. The molecule has 0 aliphatic rings. The Morgan fingerprint density at radius 3 is 2.67 bits per heavy atom. The van der Waals surface area contributed by atoms with Crippen LogP contribution in [-0.4, -0.2) is 11.4 Å². The van der Waals surface area contributed by atoms with Crippen LogP contribution < -0.4 is 0 Å². The number of fused-ring (bicyclic) bond motifs is 1. The Kier molecular flexibility index (Phi) is 1.99. The summed E-state index contributed by atoms with van der Waals surface area (Å²) in [5.74, 6) is -0.198. The number of hydrogen-bond donors (Lipinski definition) is 0. The minimum Gasteiger partial charge on any atom is -0.352 e. The van der Waals surface area contributed by atoms with Crippen molar-refractivity contribution in [2.24, 2.45) is 0 Å². The number of aldehydes is 1. The summed E-state index contributed by atoms with van der Waals surface area (Å²) in [7, 11) is 0. The number of benzene rings is 1. The van der Waals surface area contributed by atoms with E-state index in [2.05, 4.69) is 9.68 Å². The highest BCUT2D eigenvalue weighted by Crippen LogP contribution is 2.34. The number of rotatable bonds is 1. The molecule has 1 heterocycles. The highest BCUT2D eigenvalue weighted by Gasteiger charge is 2.34. The molecule has 2 aromatic rings. The molecule has 0 N–H and O–H groups in total. The first kappa shape index (κ1) is 9.70. The normalized spacial score (nSPS) is 11.9. The van der Waals surface area contributed by atoms with E-state index >= 15 is 0 Å². The van der Waals surface area contributed by atoms with Gasteiger partial charge in [-0.25, -0.2) is 0 Å². The molecule has 1 aromatic heterocycles. The van der Waals surface area contributed by atoms with Crippen molar-refractivity contribution >= 4 is 17.2 Å². The van der Waals surface area contributed by atoms with Crippen LogP contribution in [0.2, 0.25) is 0 Å².